The highest BCUT2D eigenvalue weighted by Gasteiger charge is 2.05. The van der Waals surface area contributed by atoms with Gasteiger partial charge in [-0.1, -0.05) is 49.9 Å². The number of aliphatic hydroxyl groups is 1. The lowest BCUT2D eigenvalue weighted by Crippen LogP contribution is -2.06. The molecule has 100 valence electrons. The highest BCUT2D eigenvalue weighted by Crippen LogP contribution is 2.16. The first-order valence-corrected chi connectivity index (χ1v) is 7.60. The summed E-state index contributed by atoms with van der Waals surface area (Å²) in [6.45, 7) is 0. The highest BCUT2D eigenvalue weighted by molar-refractivity contribution is 5.22. The summed E-state index contributed by atoms with van der Waals surface area (Å²) < 4.78 is 0. The van der Waals surface area contributed by atoms with Gasteiger partial charge in [0, 0.05) is 0 Å². The standard InChI is InChI=1S/C17H26O/c18-17-9-5-1-3-7-15-11-13-16(14-12-15)8-4-2-6-10-17/h11-14,17-18H,1-10H2. The van der Waals surface area contributed by atoms with Gasteiger partial charge >= 0.3 is 0 Å². The van der Waals surface area contributed by atoms with E-state index in [1.165, 1.54) is 62.5 Å². The Balaban J connectivity index is 1.89. The molecule has 2 bridgehead atoms. The van der Waals surface area contributed by atoms with Crippen LogP contribution in [0.5, 0.6) is 0 Å². The first-order valence-electron chi connectivity index (χ1n) is 7.60. The number of aliphatic hydroxyl groups excluding tert-OH is 1. The maximum Gasteiger partial charge on any atom is 0.0540 e. The number of hydrogen-bond acceptors (Lipinski definition) is 1. The Bertz CT molecular complexity index is 295. The van der Waals surface area contributed by atoms with E-state index in [-0.39, 0.29) is 6.10 Å². The summed E-state index contributed by atoms with van der Waals surface area (Å²) in [6, 6.07) is 9.18. The molecule has 0 spiro atoms. The van der Waals surface area contributed by atoms with Crippen molar-refractivity contribution in [2.75, 3.05) is 0 Å². The van der Waals surface area contributed by atoms with Gasteiger partial charge in [-0.15, -0.1) is 0 Å². The third-order valence-corrected chi connectivity index (χ3v) is 4.03. The first kappa shape index (κ1) is 13.6. The van der Waals surface area contributed by atoms with Gasteiger partial charge in [0.1, 0.15) is 0 Å². The molecular weight excluding hydrogens is 220 g/mol. The molecule has 0 aromatic heterocycles. The van der Waals surface area contributed by atoms with Crippen molar-refractivity contribution < 1.29 is 5.11 Å². The van der Waals surface area contributed by atoms with E-state index in [1.807, 2.05) is 0 Å². The van der Waals surface area contributed by atoms with Crippen LogP contribution in [-0.4, -0.2) is 11.2 Å². The second kappa shape index (κ2) is 7.58. The monoisotopic (exact) mass is 246 g/mol. The molecule has 0 atom stereocenters. The van der Waals surface area contributed by atoms with Gasteiger partial charge in [-0.2, -0.15) is 0 Å². The predicted molar refractivity (Wildman–Crippen MR) is 76.8 cm³/mol. The van der Waals surface area contributed by atoms with Crippen LogP contribution in [-0.2, 0) is 12.8 Å². The topological polar surface area (TPSA) is 20.2 Å². The van der Waals surface area contributed by atoms with Crippen molar-refractivity contribution in [3.05, 3.63) is 35.4 Å². The van der Waals surface area contributed by atoms with Crippen molar-refractivity contribution in [2.24, 2.45) is 0 Å². The van der Waals surface area contributed by atoms with Gasteiger partial charge in [0.25, 0.3) is 0 Å². The van der Waals surface area contributed by atoms with Crippen molar-refractivity contribution in [1.29, 1.82) is 0 Å². The molecule has 3 rings (SSSR count). The molecule has 0 radical (unpaired) electrons. The van der Waals surface area contributed by atoms with Crippen molar-refractivity contribution in [2.45, 2.75) is 70.3 Å². The van der Waals surface area contributed by atoms with E-state index in [1.54, 1.807) is 0 Å². The average molecular weight is 246 g/mol. The van der Waals surface area contributed by atoms with Crippen molar-refractivity contribution in [3.63, 3.8) is 0 Å². The fourth-order valence-corrected chi connectivity index (χ4v) is 2.79. The van der Waals surface area contributed by atoms with Crippen molar-refractivity contribution in [1.82, 2.24) is 0 Å². The fourth-order valence-electron chi connectivity index (χ4n) is 2.79. The minimum absolute atomic E-state index is 0.0524. The molecule has 1 nitrogen and oxygen atoms in total. The van der Waals surface area contributed by atoms with Crippen LogP contribution in [0.3, 0.4) is 0 Å². The van der Waals surface area contributed by atoms with Crippen molar-refractivity contribution >= 4 is 0 Å². The zero-order chi connectivity index (χ0) is 12.6. The Morgan fingerprint density at radius 2 is 1.11 bits per heavy atom. The maximum absolute atomic E-state index is 9.86. The molecule has 0 amide bonds. The van der Waals surface area contributed by atoms with E-state index < -0.39 is 0 Å². The highest BCUT2D eigenvalue weighted by atomic mass is 16.3. The molecule has 0 saturated heterocycles. The van der Waals surface area contributed by atoms with E-state index in [0.29, 0.717) is 0 Å². The molecule has 0 unspecified atom stereocenters. The molecular formula is C17H26O. The van der Waals surface area contributed by atoms with Crippen LogP contribution in [0.25, 0.3) is 0 Å². The molecule has 0 fully saturated rings. The molecule has 1 N–H and O–H groups in total. The smallest absolute Gasteiger partial charge is 0.0540 e. The Kier molecular flexibility index (Phi) is 5.73. The average Bonchev–Trinajstić information content (AvgIpc) is 2.40. The second-order valence-electron chi connectivity index (χ2n) is 5.67. The van der Waals surface area contributed by atoms with E-state index in [9.17, 15) is 5.11 Å². The minimum atomic E-state index is -0.0524. The van der Waals surface area contributed by atoms with Gasteiger partial charge in [0.05, 0.1) is 6.10 Å². The molecule has 1 aromatic carbocycles. The zero-order valence-corrected chi connectivity index (χ0v) is 11.4. The first-order chi connectivity index (χ1) is 8.84. The summed E-state index contributed by atoms with van der Waals surface area (Å²) >= 11 is 0. The molecule has 1 heteroatoms. The van der Waals surface area contributed by atoms with Crippen LogP contribution in [0.1, 0.15) is 62.5 Å². The summed E-state index contributed by atoms with van der Waals surface area (Å²) in [5.41, 5.74) is 2.93. The molecule has 0 saturated carbocycles. The van der Waals surface area contributed by atoms with Gasteiger partial charge in [0.15, 0.2) is 0 Å². The minimum Gasteiger partial charge on any atom is -0.393 e. The largest absolute Gasteiger partial charge is 0.393 e. The summed E-state index contributed by atoms with van der Waals surface area (Å²) in [4.78, 5) is 0. The number of fused-ring (bicyclic) bond motifs is 12. The van der Waals surface area contributed by atoms with Gasteiger partial charge in [-0.05, 0) is 49.7 Å². The lowest BCUT2D eigenvalue weighted by molar-refractivity contribution is 0.147. The van der Waals surface area contributed by atoms with Gasteiger partial charge in [0.2, 0.25) is 0 Å². The Hall–Kier alpha value is -0.820. The molecule has 2 aliphatic carbocycles. The quantitative estimate of drug-likeness (QED) is 0.725. The fraction of sp³-hybridized carbons (Fsp3) is 0.647. The maximum atomic E-state index is 9.86. The summed E-state index contributed by atoms with van der Waals surface area (Å²) in [7, 11) is 0. The van der Waals surface area contributed by atoms with Crippen molar-refractivity contribution in [3.8, 4) is 0 Å². The molecule has 0 heterocycles. The number of hydrogen-bond donors (Lipinski definition) is 1. The SMILES string of the molecule is OC1CCCCCc2ccc(cc2)CCCCC1. The van der Waals surface area contributed by atoms with E-state index in [2.05, 4.69) is 24.3 Å². The number of rotatable bonds is 0. The van der Waals surface area contributed by atoms with Gasteiger partial charge in [-0.25, -0.2) is 0 Å². The van der Waals surface area contributed by atoms with Crippen LogP contribution < -0.4 is 0 Å². The molecule has 1 aromatic rings. The summed E-state index contributed by atoms with van der Waals surface area (Å²) in [5, 5.41) is 9.86. The van der Waals surface area contributed by atoms with Gasteiger partial charge in [-0.3, -0.25) is 0 Å². The molecule has 18 heavy (non-hydrogen) atoms. The van der Waals surface area contributed by atoms with Crippen LogP contribution in [0.2, 0.25) is 0 Å². The third-order valence-electron chi connectivity index (χ3n) is 4.03. The normalized spacial score (nSPS) is 20.3. The summed E-state index contributed by atoms with van der Waals surface area (Å²) in [5.74, 6) is 0. The molecule has 0 aliphatic heterocycles. The second-order valence-corrected chi connectivity index (χ2v) is 5.67. The van der Waals surface area contributed by atoms with E-state index >= 15 is 0 Å². The third kappa shape index (κ3) is 4.81. The Morgan fingerprint density at radius 3 is 1.56 bits per heavy atom. The number of benzene rings is 1. The lowest BCUT2D eigenvalue weighted by atomic mass is 10.0. The number of aryl methyl sites for hydroxylation is 2. The predicted octanol–water partition coefficient (Wildman–Crippen LogP) is 4.27. The van der Waals surface area contributed by atoms with E-state index in [4.69, 9.17) is 0 Å². The summed E-state index contributed by atoms with van der Waals surface area (Å²) in [6.07, 6.45) is 11.7. The van der Waals surface area contributed by atoms with Gasteiger partial charge < -0.3 is 5.11 Å². The molecule has 2 aliphatic rings. The lowest BCUT2D eigenvalue weighted by Gasteiger charge is -2.09. The van der Waals surface area contributed by atoms with Crippen LogP contribution in [0.4, 0.5) is 0 Å². The van der Waals surface area contributed by atoms with E-state index in [0.717, 1.165) is 12.8 Å². The Morgan fingerprint density at radius 1 is 0.667 bits per heavy atom. The zero-order valence-electron chi connectivity index (χ0n) is 11.4. The van der Waals surface area contributed by atoms with Crippen LogP contribution >= 0.6 is 0 Å². The van der Waals surface area contributed by atoms with Crippen LogP contribution in [0, 0.1) is 0 Å². The Labute approximate surface area is 111 Å². The van der Waals surface area contributed by atoms with Crippen LogP contribution in [0.15, 0.2) is 24.3 Å².